The molecule has 1 saturated heterocycles. The van der Waals surface area contributed by atoms with Gasteiger partial charge in [0.2, 0.25) is 5.82 Å². The lowest BCUT2D eigenvalue weighted by Gasteiger charge is -2.33. The quantitative estimate of drug-likeness (QED) is 0.275. The number of aromatic nitrogens is 3. The third-order valence-corrected chi connectivity index (χ3v) is 10.4. The molecule has 4 aromatic rings. The molecule has 0 N–H and O–H groups in total. The highest BCUT2D eigenvalue weighted by Crippen LogP contribution is 2.32. The zero-order valence-electron chi connectivity index (χ0n) is 21.4. The second-order valence-corrected chi connectivity index (χ2v) is 18.0. The van der Waals surface area contributed by atoms with Crippen LogP contribution in [0.5, 0.6) is 0 Å². The molecule has 3 aromatic heterocycles. The average molecular weight is 562 g/mol. The standard InChI is InChI=1S/C27H27N5O3S2Si/c1-38(2,3)15-8-20-4-5-22-17-25(36-24(22)16-20)37(34,35)32-13-11-31(12-14-32)27(33)26-29-18-23(19-30-26)21-6-9-28-10-7-21/h4-7,9-10,16-19H,11-14H2,1-3H3. The summed E-state index contributed by atoms with van der Waals surface area (Å²) in [4.78, 5) is 27.0. The summed E-state index contributed by atoms with van der Waals surface area (Å²) < 4.78 is 29.4. The molecule has 1 fully saturated rings. The normalized spacial score (nSPS) is 14.8. The van der Waals surface area contributed by atoms with Crippen molar-refractivity contribution in [1.82, 2.24) is 24.2 Å². The molecule has 0 spiro atoms. The largest absolute Gasteiger partial charge is 0.333 e. The van der Waals surface area contributed by atoms with Crippen LogP contribution in [0.1, 0.15) is 16.2 Å². The second kappa shape index (κ2) is 10.4. The number of pyridine rings is 1. The van der Waals surface area contributed by atoms with E-state index in [2.05, 4.69) is 46.1 Å². The van der Waals surface area contributed by atoms with Crippen LogP contribution < -0.4 is 0 Å². The number of carbonyl (C=O) groups is 1. The first-order valence-electron chi connectivity index (χ1n) is 12.2. The van der Waals surface area contributed by atoms with Crippen molar-refractivity contribution >= 4 is 45.4 Å². The van der Waals surface area contributed by atoms with E-state index in [0.29, 0.717) is 4.21 Å². The van der Waals surface area contributed by atoms with Gasteiger partial charge in [0.15, 0.2) is 0 Å². The summed E-state index contributed by atoms with van der Waals surface area (Å²) in [7, 11) is -5.18. The third kappa shape index (κ3) is 5.68. The van der Waals surface area contributed by atoms with E-state index < -0.39 is 18.1 Å². The van der Waals surface area contributed by atoms with Crippen LogP contribution in [0.25, 0.3) is 21.2 Å². The van der Waals surface area contributed by atoms with Crippen LogP contribution in [0.4, 0.5) is 0 Å². The fraction of sp³-hybridized carbons (Fsp3) is 0.259. The Labute approximate surface area is 227 Å². The Kier molecular flexibility index (Phi) is 7.15. The molecule has 8 nitrogen and oxygen atoms in total. The fourth-order valence-electron chi connectivity index (χ4n) is 4.00. The molecule has 11 heteroatoms. The second-order valence-electron chi connectivity index (χ2n) is 10.0. The number of rotatable bonds is 4. The summed E-state index contributed by atoms with van der Waals surface area (Å²) in [5.74, 6) is 3.02. The summed E-state index contributed by atoms with van der Waals surface area (Å²) in [5, 5.41) is 0.883. The molecule has 0 unspecified atom stereocenters. The van der Waals surface area contributed by atoms with Gasteiger partial charge in [-0.05, 0) is 41.3 Å². The van der Waals surface area contributed by atoms with Gasteiger partial charge in [0.05, 0.1) is 0 Å². The van der Waals surface area contributed by atoms with Crippen molar-refractivity contribution in [1.29, 1.82) is 0 Å². The van der Waals surface area contributed by atoms with E-state index in [1.54, 1.807) is 35.8 Å². The van der Waals surface area contributed by atoms with Crippen LogP contribution in [-0.4, -0.2) is 72.7 Å². The predicted octanol–water partition coefficient (Wildman–Crippen LogP) is 4.13. The molecule has 194 valence electrons. The van der Waals surface area contributed by atoms with Gasteiger partial charge >= 0.3 is 0 Å². The monoisotopic (exact) mass is 561 g/mol. The lowest BCUT2D eigenvalue weighted by atomic mass is 10.1. The van der Waals surface area contributed by atoms with E-state index in [1.165, 1.54) is 15.6 Å². The summed E-state index contributed by atoms with van der Waals surface area (Å²) in [6.45, 7) is 7.54. The summed E-state index contributed by atoms with van der Waals surface area (Å²) in [6, 6.07) is 11.2. The molecule has 1 aliphatic heterocycles. The van der Waals surface area contributed by atoms with Crippen LogP contribution in [0.2, 0.25) is 19.6 Å². The lowest BCUT2D eigenvalue weighted by molar-refractivity contribution is 0.0685. The number of hydrogen-bond donors (Lipinski definition) is 0. The van der Waals surface area contributed by atoms with Crippen molar-refractivity contribution < 1.29 is 13.2 Å². The van der Waals surface area contributed by atoms with Crippen molar-refractivity contribution in [3.05, 3.63) is 72.6 Å². The van der Waals surface area contributed by atoms with Crippen LogP contribution in [0.15, 0.2) is 65.4 Å². The van der Waals surface area contributed by atoms with Gasteiger partial charge in [0.25, 0.3) is 15.9 Å². The highest BCUT2D eigenvalue weighted by atomic mass is 32.2. The predicted molar refractivity (Wildman–Crippen MR) is 152 cm³/mol. The topological polar surface area (TPSA) is 96.4 Å². The first kappa shape index (κ1) is 26.2. The zero-order valence-corrected chi connectivity index (χ0v) is 24.0. The van der Waals surface area contributed by atoms with Crippen molar-refractivity contribution in [2.75, 3.05) is 26.2 Å². The van der Waals surface area contributed by atoms with Crippen molar-refractivity contribution in [3.63, 3.8) is 0 Å². The smallest absolute Gasteiger partial charge is 0.291 e. The number of sulfonamides is 1. The highest BCUT2D eigenvalue weighted by Gasteiger charge is 2.32. The Morgan fingerprint density at radius 2 is 1.63 bits per heavy atom. The maximum Gasteiger partial charge on any atom is 0.291 e. The van der Waals surface area contributed by atoms with E-state index in [1.807, 2.05) is 30.3 Å². The summed E-state index contributed by atoms with van der Waals surface area (Å²) in [5.41, 5.74) is 5.95. The van der Waals surface area contributed by atoms with Crippen LogP contribution in [-0.2, 0) is 10.0 Å². The molecule has 4 heterocycles. The first-order valence-corrected chi connectivity index (χ1v) is 17.9. The highest BCUT2D eigenvalue weighted by molar-refractivity contribution is 7.91. The van der Waals surface area contributed by atoms with E-state index in [-0.39, 0.29) is 37.9 Å². The van der Waals surface area contributed by atoms with Gasteiger partial charge in [-0.15, -0.1) is 16.9 Å². The minimum absolute atomic E-state index is 0.0941. The van der Waals surface area contributed by atoms with Crippen LogP contribution in [0, 0.1) is 11.5 Å². The average Bonchev–Trinajstić information content (AvgIpc) is 3.36. The van der Waals surface area contributed by atoms with E-state index in [0.717, 1.165) is 26.8 Å². The van der Waals surface area contributed by atoms with Crippen molar-refractivity contribution in [2.24, 2.45) is 0 Å². The van der Waals surface area contributed by atoms with Crippen LogP contribution >= 0.6 is 11.3 Å². The number of piperazine rings is 1. The van der Waals surface area contributed by atoms with E-state index >= 15 is 0 Å². The Hall–Kier alpha value is -3.43. The third-order valence-electron chi connectivity index (χ3n) is 6.06. The van der Waals surface area contributed by atoms with Gasteiger partial charge in [-0.25, -0.2) is 18.4 Å². The maximum absolute atomic E-state index is 13.4. The minimum Gasteiger partial charge on any atom is -0.333 e. The molecular weight excluding hydrogens is 535 g/mol. The molecule has 0 aliphatic carbocycles. The maximum atomic E-state index is 13.4. The Balaban J connectivity index is 1.26. The molecule has 1 aromatic carbocycles. The number of amides is 1. The van der Waals surface area contributed by atoms with Gasteiger partial charge in [-0.3, -0.25) is 9.78 Å². The SMILES string of the molecule is C[Si](C)(C)C#Cc1ccc2cc(S(=O)(=O)N3CCN(C(=O)c4ncc(-c5ccncc5)cn4)CC3)sc2c1. The molecule has 1 aliphatic rings. The lowest BCUT2D eigenvalue weighted by Crippen LogP contribution is -2.50. The number of hydrogen-bond acceptors (Lipinski definition) is 7. The fourth-order valence-corrected chi connectivity index (χ4v) is 7.54. The van der Waals surface area contributed by atoms with E-state index in [9.17, 15) is 13.2 Å². The van der Waals surface area contributed by atoms with Crippen LogP contribution in [0.3, 0.4) is 0 Å². The number of thiophene rings is 1. The molecule has 5 rings (SSSR count). The Bertz CT molecular complexity index is 1650. The van der Waals surface area contributed by atoms with Gasteiger partial charge < -0.3 is 4.90 Å². The molecule has 1 amide bonds. The zero-order chi connectivity index (χ0) is 26.9. The Morgan fingerprint density at radius 1 is 0.947 bits per heavy atom. The van der Waals surface area contributed by atoms with Gasteiger partial charge in [-0.2, -0.15) is 4.31 Å². The Morgan fingerprint density at radius 3 is 2.29 bits per heavy atom. The molecule has 0 saturated carbocycles. The molecule has 38 heavy (non-hydrogen) atoms. The van der Waals surface area contributed by atoms with Gasteiger partial charge in [0, 0.05) is 66.8 Å². The van der Waals surface area contributed by atoms with Crippen molar-refractivity contribution in [3.8, 4) is 22.6 Å². The van der Waals surface area contributed by atoms with Crippen molar-refractivity contribution in [2.45, 2.75) is 23.9 Å². The van der Waals surface area contributed by atoms with E-state index in [4.69, 9.17) is 0 Å². The number of carbonyl (C=O) groups excluding carboxylic acids is 1. The van der Waals surface area contributed by atoms with Gasteiger partial charge in [0.1, 0.15) is 12.3 Å². The number of fused-ring (bicyclic) bond motifs is 1. The molecule has 0 bridgehead atoms. The molecular formula is C27H27N5O3S2Si. The summed E-state index contributed by atoms with van der Waals surface area (Å²) >= 11 is 1.26. The minimum atomic E-state index is -3.67. The molecule has 0 radical (unpaired) electrons. The summed E-state index contributed by atoms with van der Waals surface area (Å²) in [6.07, 6.45) is 6.59. The first-order chi connectivity index (χ1) is 18.1. The van der Waals surface area contributed by atoms with Gasteiger partial charge in [-0.1, -0.05) is 31.6 Å². The number of benzene rings is 1. The molecule has 0 atom stereocenters. The number of nitrogens with zero attached hydrogens (tertiary/aromatic N) is 5.